The molecule has 2 rings (SSSR count). The second-order valence-electron chi connectivity index (χ2n) is 4.06. The van der Waals surface area contributed by atoms with Gasteiger partial charge in [-0.25, -0.2) is 0 Å². The molecule has 5 nitrogen and oxygen atoms in total. The number of phenolic OH excluding ortho intramolecular Hbond substituents is 2. The summed E-state index contributed by atoms with van der Waals surface area (Å²) in [4.78, 5) is 23.4. The minimum atomic E-state index is -0.334. The van der Waals surface area contributed by atoms with E-state index >= 15 is 0 Å². The fourth-order valence-corrected chi connectivity index (χ4v) is 2.01. The summed E-state index contributed by atoms with van der Waals surface area (Å²) in [7, 11) is 0. The summed E-state index contributed by atoms with van der Waals surface area (Å²) in [5.74, 6) is -1.23. The van der Waals surface area contributed by atoms with Gasteiger partial charge in [-0.1, -0.05) is 6.08 Å². The van der Waals surface area contributed by atoms with Crippen LogP contribution in [0.4, 0.5) is 5.69 Å². The quantitative estimate of drug-likeness (QED) is 0.431. The van der Waals surface area contributed by atoms with Crippen molar-refractivity contribution in [3.63, 3.8) is 0 Å². The highest BCUT2D eigenvalue weighted by atomic mass is 16.3. The van der Waals surface area contributed by atoms with Crippen LogP contribution < -0.4 is 5.32 Å². The van der Waals surface area contributed by atoms with E-state index in [-0.39, 0.29) is 52.7 Å². The maximum absolute atomic E-state index is 11.8. The summed E-state index contributed by atoms with van der Waals surface area (Å²) < 4.78 is 0. The molecule has 0 heterocycles. The van der Waals surface area contributed by atoms with Crippen LogP contribution in [0.2, 0.25) is 0 Å². The molecule has 0 amide bonds. The van der Waals surface area contributed by atoms with Crippen molar-refractivity contribution in [1.29, 1.82) is 0 Å². The lowest BCUT2D eigenvalue weighted by Crippen LogP contribution is -2.18. The number of carbonyl (C=O) groups is 2. The van der Waals surface area contributed by atoms with Crippen molar-refractivity contribution >= 4 is 17.3 Å². The number of benzene rings is 1. The third-order valence-electron chi connectivity index (χ3n) is 2.85. The Labute approximate surface area is 104 Å². The van der Waals surface area contributed by atoms with E-state index in [0.29, 0.717) is 6.54 Å². The molecule has 3 N–H and O–H groups in total. The van der Waals surface area contributed by atoms with Gasteiger partial charge in [-0.05, 0) is 0 Å². The van der Waals surface area contributed by atoms with Crippen molar-refractivity contribution in [3.8, 4) is 11.5 Å². The zero-order valence-corrected chi connectivity index (χ0v) is 9.69. The molecule has 94 valence electrons. The maximum atomic E-state index is 11.8. The van der Waals surface area contributed by atoms with Gasteiger partial charge in [0.15, 0.2) is 11.6 Å². The number of fused-ring (bicyclic) bond motifs is 1. The van der Waals surface area contributed by atoms with Crippen molar-refractivity contribution < 1.29 is 19.8 Å². The first-order valence-electron chi connectivity index (χ1n) is 5.56. The lowest BCUT2D eigenvalue weighted by molar-refractivity contribution is 0.0885. The number of hydrogen-bond donors (Lipinski definition) is 3. The first-order valence-corrected chi connectivity index (χ1v) is 5.56. The minimum Gasteiger partial charge on any atom is -0.507 e. The van der Waals surface area contributed by atoms with Crippen LogP contribution in [-0.4, -0.2) is 28.3 Å². The molecule has 1 aliphatic carbocycles. The number of hydrogen-bond acceptors (Lipinski definition) is 5. The van der Waals surface area contributed by atoms with Gasteiger partial charge in [0.05, 0.1) is 16.8 Å². The van der Waals surface area contributed by atoms with Crippen LogP contribution in [0.15, 0.2) is 18.7 Å². The van der Waals surface area contributed by atoms with E-state index in [1.165, 1.54) is 6.07 Å². The van der Waals surface area contributed by atoms with E-state index in [0.717, 1.165) is 0 Å². The number of nitrogens with one attached hydrogen (secondary N) is 1. The summed E-state index contributed by atoms with van der Waals surface area (Å²) in [6, 6.07) is 1.24. The largest absolute Gasteiger partial charge is 0.507 e. The van der Waals surface area contributed by atoms with Crippen LogP contribution in [-0.2, 0) is 0 Å². The summed E-state index contributed by atoms with van der Waals surface area (Å²) in [5.41, 5.74) is 0.0555. The van der Waals surface area contributed by atoms with E-state index in [1.54, 1.807) is 6.08 Å². The fraction of sp³-hybridized carbons (Fsp3) is 0.231. The molecule has 0 fully saturated rings. The number of phenols is 2. The van der Waals surface area contributed by atoms with E-state index in [2.05, 4.69) is 11.9 Å². The Morgan fingerprint density at radius 1 is 1.22 bits per heavy atom. The van der Waals surface area contributed by atoms with Crippen LogP contribution in [0, 0.1) is 0 Å². The third-order valence-corrected chi connectivity index (χ3v) is 2.85. The molecule has 0 radical (unpaired) electrons. The van der Waals surface area contributed by atoms with Gasteiger partial charge < -0.3 is 15.5 Å². The number of aromatic hydroxyl groups is 2. The highest BCUT2D eigenvalue weighted by Gasteiger charge is 2.31. The van der Waals surface area contributed by atoms with E-state index in [1.807, 2.05) is 0 Å². The predicted molar refractivity (Wildman–Crippen MR) is 66.4 cm³/mol. The van der Waals surface area contributed by atoms with Gasteiger partial charge in [-0.3, -0.25) is 9.59 Å². The van der Waals surface area contributed by atoms with Gasteiger partial charge in [0, 0.05) is 25.5 Å². The summed E-state index contributed by atoms with van der Waals surface area (Å²) in [5, 5.41) is 22.6. The zero-order valence-electron chi connectivity index (χ0n) is 9.69. The molecular weight excluding hydrogens is 234 g/mol. The Bertz CT molecular complexity index is 548. The molecule has 0 aromatic heterocycles. The lowest BCUT2D eigenvalue weighted by atomic mass is 9.87. The molecule has 1 aromatic rings. The molecular formula is C13H13NO4. The number of rotatable bonds is 3. The molecule has 0 atom stereocenters. The predicted octanol–water partition coefficient (Wildman–Crippen LogP) is 1.85. The van der Waals surface area contributed by atoms with Gasteiger partial charge in [0.25, 0.3) is 0 Å². The van der Waals surface area contributed by atoms with E-state index in [4.69, 9.17) is 0 Å². The average Bonchev–Trinajstić information content (AvgIpc) is 2.34. The van der Waals surface area contributed by atoms with Gasteiger partial charge in [0.1, 0.15) is 11.5 Å². The minimum absolute atomic E-state index is 0.0593. The van der Waals surface area contributed by atoms with Crippen molar-refractivity contribution in [1.82, 2.24) is 0 Å². The fourth-order valence-electron chi connectivity index (χ4n) is 2.01. The topological polar surface area (TPSA) is 86.6 Å². The molecule has 1 aliphatic rings. The monoisotopic (exact) mass is 247 g/mol. The summed E-state index contributed by atoms with van der Waals surface area (Å²) in [6.07, 6.45) is 1.70. The highest BCUT2D eigenvalue weighted by molar-refractivity contribution is 6.17. The maximum Gasteiger partial charge on any atom is 0.168 e. The Morgan fingerprint density at radius 2 is 1.83 bits per heavy atom. The van der Waals surface area contributed by atoms with Gasteiger partial charge >= 0.3 is 0 Å². The molecule has 18 heavy (non-hydrogen) atoms. The summed E-state index contributed by atoms with van der Waals surface area (Å²) >= 11 is 0. The lowest BCUT2D eigenvalue weighted by Gasteiger charge is -2.19. The normalized spacial score (nSPS) is 14.2. The number of Topliss-reactive ketones (excluding diaryl/α,β-unsaturated/α-hetero) is 2. The van der Waals surface area contributed by atoms with Crippen LogP contribution in [0.25, 0.3) is 0 Å². The van der Waals surface area contributed by atoms with Gasteiger partial charge in [-0.2, -0.15) is 0 Å². The Kier molecular flexibility index (Phi) is 3.06. The zero-order chi connectivity index (χ0) is 13.3. The SMILES string of the molecule is C=CCNc1cc(O)c2c(c1O)C(=O)CCC2=O. The summed E-state index contributed by atoms with van der Waals surface area (Å²) in [6.45, 7) is 3.88. The van der Waals surface area contributed by atoms with E-state index in [9.17, 15) is 19.8 Å². The molecule has 0 spiro atoms. The van der Waals surface area contributed by atoms with Crippen LogP contribution in [0.1, 0.15) is 33.6 Å². The molecule has 0 aliphatic heterocycles. The van der Waals surface area contributed by atoms with Crippen LogP contribution in [0.5, 0.6) is 11.5 Å². The van der Waals surface area contributed by atoms with Crippen molar-refractivity contribution in [3.05, 3.63) is 29.8 Å². The molecule has 0 bridgehead atoms. The smallest absolute Gasteiger partial charge is 0.168 e. The van der Waals surface area contributed by atoms with E-state index < -0.39 is 0 Å². The Hall–Kier alpha value is -2.30. The Balaban J connectivity index is 2.60. The molecule has 0 unspecified atom stereocenters. The average molecular weight is 247 g/mol. The third kappa shape index (κ3) is 1.84. The van der Waals surface area contributed by atoms with Crippen LogP contribution >= 0.6 is 0 Å². The second kappa shape index (κ2) is 4.52. The van der Waals surface area contributed by atoms with Crippen molar-refractivity contribution in [2.45, 2.75) is 12.8 Å². The number of anilines is 1. The van der Waals surface area contributed by atoms with Crippen LogP contribution in [0.3, 0.4) is 0 Å². The van der Waals surface area contributed by atoms with Gasteiger partial charge in [-0.15, -0.1) is 6.58 Å². The first-order chi connectivity index (χ1) is 8.56. The standard InChI is InChI=1S/C13H13NO4/c1-2-5-14-7-6-10(17)11-8(15)3-4-9(16)12(11)13(7)18/h2,6,14,17-18H,1,3-5H2. The Morgan fingerprint density at radius 3 is 2.44 bits per heavy atom. The number of carbonyl (C=O) groups excluding carboxylic acids is 2. The first kappa shape index (κ1) is 12.2. The molecule has 1 aromatic carbocycles. The highest BCUT2D eigenvalue weighted by Crippen LogP contribution is 2.40. The van der Waals surface area contributed by atoms with Crippen molar-refractivity contribution in [2.24, 2.45) is 0 Å². The molecule has 5 heteroatoms. The van der Waals surface area contributed by atoms with Crippen molar-refractivity contribution in [2.75, 3.05) is 11.9 Å². The molecule has 0 saturated heterocycles. The number of ketones is 2. The molecule has 0 saturated carbocycles. The van der Waals surface area contributed by atoms with Gasteiger partial charge in [0.2, 0.25) is 0 Å². The second-order valence-corrected chi connectivity index (χ2v) is 4.06.